The van der Waals surface area contributed by atoms with Crippen LogP contribution in [0, 0.1) is 0 Å². The molecule has 0 N–H and O–H groups in total. The first-order valence-corrected chi connectivity index (χ1v) is 7.60. The average Bonchev–Trinajstić information content (AvgIpc) is 2.46. The number of aliphatic imine (C=N–C) groups is 1. The van der Waals surface area contributed by atoms with Gasteiger partial charge in [-0.25, -0.2) is 0 Å². The summed E-state index contributed by atoms with van der Waals surface area (Å²) in [7, 11) is 8.04. The number of fused-ring (bicyclic) bond motifs is 1. The van der Waals surface area contributed by atoms with Gasteiger partial charge in [-0.2, -0.15) is 0 Å². The van der Waals surface area contributed by atoms with Crippen molar-refractivity contribution in [2.24, 2.45) is 4.99 Å². The van der Waals surface area contributed by atoms with Crippen LogP contribution in [0.4, 0.5) is 0 Å². The number of hydrogen-bond acceptors (Lipinski definition) is 3. The van der Waals surface area contributed by atoms with Crippen LogP contribution in [0.5, 0.6) is 11.5 Å². The maximum atomic E-state index is 5.68. The van der Waals surface area contributed by atoms with Crippen molar-refractivity contribution in [3.8, 4) is 11.5 Å². The summed E-state index contributed by atoms with van der Waals surface area (Å²) in [4.78, 5) is 8.83. The Bertz CT molecular complexity index is 547. The molecule has 1 aromatic rings. The van der Waals surface area contributed by atoms with Crippen molar-refractivity contribution < 1.29 is 9.47 Å². The SMILES string of the molecule is CN(C)C(=NCC(C)(C)c1ccc2c(c1)OCCO2)N(C)C.I. The average molecular weight is 433 g/mol. The maximum Gasteiger partial charge on any atom is 0.195 e. The van der Waals surface area contributed by atoms with Crippen LogP contribution in [-0.2, 0) is 5.41 Å². The van der Waals surface area contributed by atoms with E-state index in [0.29, 0.717) is 19.8 Å². The fourth-order valence-corrected chi connectivity index (χ4v) is 2.51. The van der Waals surface area contributed by atoms with Crippen LogP contribution in [0.15, 0.2) is 23.2 Å². The second kappa shape index (κ2) is 8.08. The molecule has 23 heavy (non-hydrogen) atoms. The van der Waals surface area contributed by atoms with Gasteiger partial charge < -0.3 is 19.3 Å². The molecule has 0 fully saturated rings. The van der Waals surface area contributed by atoms with Crippen molar-refractivity contribution in [1.29, 1.82) is 0 Å². The first kappa shape index (κ1) is 19.9. The number of benzene rings is 1. The van der Waals surface area contributed by atoms with E-state index in [1.165, 1.54) is 5.56 Å². The molecule has 0 unspecified atom stereocenters. The molecule has 1 heterocycles. The molecule has 0 aliphatic carbocycles. The van der Waals surface area contributed by atoms with Gasteiger partial charge in [0.05, 0.1) is 6.54 Å². The molecular formula is C17H28IN3O2. The van der Waals surface area contributed by atoms with E-state index in [9.17, 15) is 0 Å². The number of hydrogen-bond donors (Lipinski definition) is 0. The van der Waals surface area contributed by atoms with E-state index in [1.807, 2.05) is 44.1 Å². The van der Waals surface area contributed by atoms with Gasteiger partial charge in [-0.3, -0.25) is 4.99 Å². The summed E-state index contributed by atoms with van der Waals surface area (Å²) < 4.78 is 11.3. The second-order valence-corrected chi connectivity index (χ2v) is 6.65. The second-order valence-electron chi connectivity index (χ2n) is 6.65. The number of ether oxygens (including phenoxy) is 2. The van der Waals surface area contributed by atoms with Gasteiger partial charge in [-0.05, 0) is 17.7 Å². The summed E-state index contributed by atoms with van der Waals surface area (Å²) in [5, 5.41) is 0. The molecule has 6 heteroatoms. The predicted molar refractivity (Wildman–Crippen MR) is 106 cm³/mol. The van der Waals surface area contributed by atoms with Crippen LogP contribution in [0.1, 0.15) is 19.4 Å². The Balaban J connectivity index is 0.00000264. The fraction of sp³-hybridized carbons (Fsp3) is 0.588. The maximum absolute atomic E-state index is 5.68. The molecule has 0 saturated heterocycles. The van der Waals surface area contributed by atoms with E-state index >= 15 is 0 Å². The Labute approximate surface area is 156 Å². The Hall–Kier alpha value is -1.18. The molecule has 0 saturated carbocycles. The molecule has 0 amide bonds. The van der Waals surface area contributed by atoms with Crippen LogP contribution >= 0.6 is 24.0 Å². The van der Waals surface area contributed by atoms with Crippen LogP contribution in [0.25, 0.3) is 0 Å². The minimum Gasteiger partial charge on any atom is -0.486 e. The molecule has 0 bridgehead atoms. The van der Waals surface area contributed by atoms with Crippen LogP contribution < -0.4 is 9.47 Å². The highest BCUT2D eigenvalue weighted by molar-refractivity contribution is 14.0. The van der Waals surface area contributed by atoms with E-state index in [1.54, 1.807) is 0 Å². The lowest BCUT2D eigenvalue weighted by Gasteiger charge is -2.28. The van der Waals surface area contributed by atoms with Gasteiger partial charge in [-0.15, -0.1) is 24.0 Å². The lowest BCUT2D eigenvalue weighted by Crippen LogP contribution is -2.36. The molecule has 130 valence electrons. The van der Waals surface area contributed by atoms with E-state index in [-0.39, 0.29) is 29.4 Å². The first-order valence-electron chi connectivity index (χ1n) is 7.60. The highest BCUT2D eigenvalue weighted by Gasteiger charge is 2.24. The van der Waals surface area contributed by atoms with Crippen molar-refractivity contribution >= 4 is 29.9 Å². The van der Waals surface area contributed by atoms with Crippen LogP contribution in [0.3, 0.4) is 0 Å². The number of rotatable bonds is 3. The molecule has 1 aromatic carbocycles. The van der Waals surface area contributed by atoms with Gasteiger partial charge >= 0.3 is 0 Å². The van der Waals surface area contributed by atoms with Crippen molar-refractivity contribution in [3.63, 3.8) is 0 Å². The zero-order valence-electron chi connectivity index (χ0n) is 14.9. The normalized spacial score (nSPS) is 13.0. The Kier molecular flexibility index (Phi) is 6.98. The van der Waals surface area contributed by atoms with Crippen molar-refractivity contribution in [2.45, 2.75) is 19.3 Å². The first-order chi connectivity index (χ1) is 10.3. The molecule has 0 spiro atoms. The van der Waals surface area contributed by atoms with Crippen molar-refractivity contribution in [2.75, 3.05) is 47.9 Å². The minimum absolute atomic E-state index is 0. The van der Waals surface area contributed by atoms with Crippen molar-refractivity contribution in [1.82, 2.24) is 9.80 Å². The Morgan fingerprint density at radius 3 is 2.17 bits per heavy atom. The zero-order valence-corrected chi connectivity index (χ0v) is 17.3. The molecular weight excluding hydrogens is 405 g/mol. The Morgan fingerprint density at radius 2 is 1.61 bits per heavy atom. The number of guanidine groups is 1. The summed E-state index contributed by atoms with van der Waals surface area (Å²) in [5.41, 5.74) is 1.13. The summed E-state index contributed by atoms with van der Waals surface area (Å²) in [5.74, 6) is 2.63. The van der Waals surface area contributed by atoms with Gasteiger partial charge in [0.25, 0.3) is 0 Å². The lowest BCUT2D eigenvalue weighted by molar-refractivity contribution is 0.171. The lowest BCUT2D eigenvalue weighted by atomic mass is 9.84. The fourth-order valence-electron chi connectivity index (χ4n) is 2.51. The molecule has 2 rings (SSSR count). The number of nitrogens with zero attached hydrogens (tertiary/aromatic N) is 3. The molecule has 0 radical (unpaired) electrons. The number of halogens is 1. The minimum atomic E-state index is -0.0763. The van der Waals surface area contributed by atoms with E-state index in [4.69, 9.17) is 14.5 Å². The monoisotopic (exact) mass is 433 g/mol. The third-order valence-electron chi connectivity index (χ3n) is 3.74. The third kappa shape index (κ3) is 4.89. The summed E-state index contributed by atoms with van der Waals surface area (Å²) in [6.45, 7) is 6.34. The smallest absolute Gasteiger partial charge is 0.195 e. The van der Waals surface area contributed by atoms with Gasteiger partial charge in [0.15, 0.2) is 17.5 Å². The molecule has 5 nitrogen and oxygen atoms in total. The highest BCUT2D eigenvalue weighted by atomic mass is 127. The molecule has 1 aliphatic heterocycles. The zero-order chi connectivity index (χ0) is 16.3. The summed E-state index contributed by atoms with van der Waals surface area (Å²) in [6.07, 6.45) is 0. The van der Waals surface area contributed by atoms with Gasteiger partial charge in [-0.1, -0.05) is 19.9 Å². The van der Waals surface area contributed by atoms with E-state index in [0.717, 1.165) is 17.5 Å². The topological polar surface area (TPSA) is 37.3 Å². The van der Waals surface area contributed by atoms with Crippen LogP contribution in [0.2, 0.25) is 0 Å². The molecule has 1 aliphatic rings. The Morgan fingerprint density at radius 1 is 1.04 bits per heavy atom. The van der Waals surface area contributed by atoms with Crippen LogP contribution in [-0.4, -0.2) is 63.7 Å². The summed E-state index contributed by atoms with van der Waals surface area (Å²) >= 11 is 0. The van der Waals surface area contributed by atoms with Gasteiger partial charge in [0.1, 0.15) is 13.2 Å². The molecule has 0 atom stereocenters. The van der Waals surface area contributed by atoms with Crippen molar-refractivity contribution in [3.05, 3.63) is 23.8 Å². The standard InChI is InChI=1S/C17H27N3O2.HI/c1-17(2,12-18-16(19(3)4)20(5)6)13-7-8-14-15(11-13)22-10-9-21-14;/h7-8,11H,9-10,12H2,1-6H3;1H. The highest BCUT2D eigenvalue weighted by Crippen LogP contribution is 2.35. The quantitative estimate of drug-likeness (QED) is 0.418. The largest absolute Gasteiger partial charge is 0.486 e. The van der Waals surface area contributed by atoms with E-state index in [2.05, 4.69) is 26.0 Å². The summed E-state index contributed by atoms with van der Waals surface area (Å²) in [6, 6.07) is 6.18. The molecule has 0 aromatic heterocycles. The van der Waals surface area contributed by atoms with E-state index < -0.39 is 0 Å². The van der Waals surface area contributed by atoms with Gasteiger partial charge in [0.2, 0.25) is 0 Å². The van der Waals surface area contributed by atoms with Gasteiger partial charge in [0, 0.05) is 33.6 Å². The predicted octanol–water partition coefficient (Wildman–Crippen LogP) is 2.83. The third-order valence-corrected chi connectivity index (χ3v) is 3.74.